The van der Waals surface area contributed by atoms with Gasteiger partial charge in [0.2, 0.25) is 0 Å². The zero-order valence-corrected chi connectivity index (χ0v) is 15.4. The van der Waals surface area contributed by atoms with Crippen LogP contribution in [-0.2, 0) is 17.7 Å². The Labute approximate surface area is 152 Å². The Morgan fingerprint density at radius 2 is 2.16 bits per heavy atom. The summed E-state index contributed by atoms with van der Waals surface area (Å²) in [5, 5.41) is 20.2. The Hall–Kier alpha value is -1.92. The van der Waals surface area contributed by atoms with Gasteiger partial charge in [-0.3, -0.25) is 10.7 Å². The van der Waals surface area contributed by atoms with Crippen LogP contribution in [0.4, 0.5) is 10.1 Å². The van der Waals surface area contributed by atoms with Gasteiger partial charge >= 0.3 is 0 Å². The van der Waals surface area contributed by atoms with E-state index in [4.69, 9.17) is 21.9 Å². The molecule has 0 amide bonds. The van der Waals surface area contributed by atoms with Gasteiger partial charge in [-0.05, 0) is 25.1 Å². The number of hydrogen-bond donors (Lipinski definition) is 4. The van der Waals surface area contributed by atoms with E-state index in [0.29, 0.717) is 23.6 Å². The third kappa shape index (κ3) is 9.84. The highest BCUT2D eigenvalue weighted by molar-refractivity contribution is 7.80. The molecule has 5 N–H and O–H groups in total. The number of aryl methyl sites for hydroxylation is 1. The molecule has 0 aliphatic heterocycles. The Morgan fingerprint density at radius 1 is 1.48 bits per heavy atom. The number of rotatable bonds is 5. The number of nitrogens with two attached hydrogens (primary N) is 1. The fraction of sp³-hybridized carbons (Fsp3) is 0.308. The lowest BCUT2D eigenvalue weighted by atomic mass is 10.3. The summed E-state index contributed by atoms with van der Waals surface area (Å²) < 4.78 is 29.8. The lowest BCUT2D eigenvalue weighted by Crippen LogP contribution is -2.23. The van der Waals surface area contributed by atoms with Crippen LogP contribution in [0.15, 0.2) is 27.8 Å². The number of hydrogen-bond acceptors (Lipinski definition) is 6. The van der Waals surface area contributed by atoms with Gasteiger partial charge in [-0.1, -0.05) is 35.8 Å². The van der Waals surface area contributed by atoms with Crippen LogP contribution < -0.4 is 15.3 Å². The average Bonchev–Trinajstić information content (AvgIpc) is 3.01. The quantitative estimate of drug-likeness (QED) is 0.348. The van der Waals surface area contributed by atoms with E-state index in [2.05, 4.69) is 24.7 Å². The third-order valence-corrected chi connectivity index (χ3v) is 3.02. The second-order valence-corrected chi connectivity index (χ2v) is 5.19. The molecule has 0 aliphatic rings. The molecule has 2 rings (SSSR count). The Bertz CT molecular complexity index is 686. The van der Waals surface area contributed by atoms with Gasteiger partial charge in [-0.2, -0.15) is 0 Å². The number of hydroxylamine groups is 1. The van der Waals surface area contributed by atoms with Gasteiger partial charge in [-0.15, -0.1) is 0 Å². The zero-order valence-electron chi connectivity index (χ0n) is 13.9. The summed E-state index contributed by atoms with van der Waals surface area (Å²) in [5.41, 5.74) is 3.47. The van der Waals surface area contributed by atoms with Gasteiger partial charge in [0.1, 0.15) is 23.5 Å². The summed E-state index contributed by atoms with van der Waals surface area (Å²) in [7, 11) is 0. The van der Waals surface area contributed by atoms with Crippen LogP contribution in [0.5, 0.6) is 0 Å². The van der Waals surface area contributed by atoms with Crippen molar-refractivity contribution >= 4 is 34.8 Å². The standard InChI is InChI=1S/C7H6ClFN2O.C4H8N4O2S.C2H6/c8-6-3-5(10-4-11-12)1-2-7(6)9;1-3-4(8-10-7-3)2-6-11(5)9;1-2/h1-4,12H,(H,10,11);6H,2,5H2,1H3;1-2H3. The van der Waals surface area contributed by atoms with Crippen LogP contribution in [0.3, 0.4) is 0 Å². The van der Waals surface area contributed by atoms with E-state index in [1.54, 1.807) is 12.4 Å². The van der Waals surface area contributed by atoms with Crippen LogP contribution in [0, 0.1) is 12.7 Å². The number of nitrogens with one attached hydrogen (secondary N) is 2. The minimum atomic E-state index is -1.52. The Balaban J connectivity index is 0.000000421. The molecule has 9 nitrogen and oxygen atoms in total. The highest BCUT2D eigenvalue weighted by Crippen LogP contribution is 2.20. The molecule has 140 valence electrons. The maximum Gasteiger partial charge on any atom is 0.164 e. The van der Waals surface area contributed by atoms with Crippen LogP contribution in [0.2, 0.25) is 5.02 Å². The predicted molar refractivity (Wildman–Crippen MR) is 94.0 cm³/mol. The lowest BCUT2D eigenvalue weighted by molar-refractivity contribution is 0.240. The Kier molecular flexibility index (Phi) is 12.4. The van der Waals surface area contributed by atoms with Crippen LogP contribution in [-0.4, -0.2) is 26.1 Å². The van der Waals surface area contributed by atoms with Crippen molar-refractivity contribution < 1.29 is 18.4 Å². The first kappa shape index (κ1) is 23.1. The molecule has 1 atom stereocenters. The van der Waals surface area contributed by atoms with Crippen LogP contribution in [0.1, 0.15) is 25.2 Å². The minimum absolute atomic E-state index is 0.00240. The first-order valence-electron chi connectivity index (χ1n) is 6.99. The molecule has 1 aromatic heterocycles. The lowest BCUT2D eigenvalue weighted by Gasteiger charge is -1.95. The zero-order chi connectivity index (χ0) is 19.2. The van der Waals surface area contributed by atoms with Gasteiger partial charge < -0.3 is 0 Å². The number of aromatic nitrogens is 2. The number of halogens is 2. The molecule has 12 heteroatoms. The van der Waals surface area contributed by atoms with Gasteiger partial charge in [-0.25, -0.2) is 28.1 Å². The maximum atomic E-state index is 12.6. The molecule has 0 aliphatic carbocycles. The van der Waals surface area contributed by atoms with Crippen molar-refractivity contribution in [3.05, 3.63) is 40.4 Å². The first-order valence-corrected chi connectivity index (χ1v) is 8.58. The first-order chi connectivity index (χ1) is 11.9. The highest BCUT2D eigenvalue weighted by Gasteiger charge is 2.04. The van der Waals surface area contributed by atoms with Crippen molar-refractivity contribution in [2.75, 3.05) is 0 Å². The predicted octanol–water partition coefficient (Wildman–Crippen LogP) is 2.15. The van der Waals surface area contributed by atoms with Crippen molar-refractivity contribution in [2.45, 2.75) is 27.3 Å². The van der Waals surface area contributed by atoms with E-state index >= 15 is 0 Å². The number of benzene rings is 1. The van der Waals surface area contributed by atoms with E-state index in [9.17, 15) is 8.60 Å². The molecule has 1 heterocycles. The summed E-state index contributed by atoms with van der Waals surface area (Å²) in [5.74, 6) is -0.493. The summed E-state index contributed by atoms with van der Waals surface area (Å²) in [4.78, 5) is 3.69. The molecule has 0 saturated heterocycles. The van der Waals surface area contributed by atoms with Crippen molar-refractivity contribution in [1.29, 1.82) is 0 Å². The summed E-state index contributed by atoms with van der Waals surface area (Å²) in [6.07, 6.45) is 1.06. The fourth-order valence-corrected chi connectivity index (χ4v) is 1.67. The van der Waals surface area contributed by atoms with Crippen molar-refractivity contribution in [3.8, 4) is 0 Å². The van der Waals surface area contributed by atoms with Crippen LogP contribution >= 0.6 is 11.6 Å². The smallest absolute Gasteiger partial charge is 0.164 e. The molecule has 0 saturated carbocycles. The molecular formula is C13H20ClFN6O3S. The molecular weight excluding hydrogens is 375 g/mol. The van der Waals surface area contributed by atoms with E-state index in [0.717, 1.165) is 6.34 Å². The number of nitrogens with zero attached hydrogens (tertiary/aromatic N) is 3. The van der Waals surface area contributed by atoms with Gasteiger partial charge in [0.05, 0.1) is 17.3 Å². The normalized spacial score (nSPS) is 11.2. The maximum absolute atomic E-state index is 12.6. The highest BCUT2D eigenvalue weighted by atomic mass is 35.5. The topological polar surface area (TPSA) is 139 Å². The molecule has 0 bridgehead atoms. The largest absolute Gasteiger partial charge is 0.290 e. The number of aliphatic imine (C=N–C) groups is 1. The van der Waals surface area contributed by atoms with Crippen molar-refractivity contribution in [3.63, 3.8) is 0 Å². The van der Waals surface area contributed by atoms with Gasteiger partial charge in [0, 0.05) is 0 Å². The fourth-order valence-electron chi connectivity index (χ4n) is 1.22. The SMILES string of the molecule is CC.Cc1nonc1CNS(N)=O.ONC=Nc1ccc(F)c(Cl)c1. The van der Waals surface area contributed by atoms with Crippen molar-refractivity contribution in [1.82, 2.24) is 20.5 Å². The molecule has 0 fully saturated rings. The molecule has 0 spiro atoms. The average molecular weight is 395 g/mol. The monoisotopic (exact) mass is 394 g/mol. The van der Waals surface area contributed by atoms with Gasteiger partial charge in [0.15, 0.2) is 11.2 Å². The van der Waals surface area contributed by atoms with E-state index < -0.39 is 17.0 Å². The van der Waals surface area contributed by atoms with E-state index in [1.807, 2.05) is 13.8 Å². The third-order valence-electron chi connectivity index (χ3n) is 2.30. The molecule has 0 radical (unpaired) electrons. The second-order valence-electron chi connectivity index (χ2n) is 3.90. The molecule has 1 aromatic carbocycles. The summed E-state index contributed by atoms with van der Waals surface area (Å²) >= 11 is 3.94. The van der Waals surface area contributed by atoms with Crippen LogP contribution in [0.25, 0.3) is 0 Å². The second kappa shape index (κ2) is 13.4. The molecule has 1 unspecified atom stereocenters. The Morgan fingerprint density at radius 3 is 2.64 bits per heavy atom. The molecule has 25 heavy (non-hydrogen) atoms. The molecule has 2 aromatic rings. The summed E-state index contributed by atoms with van der Waals surface area (Å²) in [6, 6.07) is 3.99. The van der Waals surface area contributed by atoms with E-state index in [-0.39, 0.29) is 5.02 Å². The van der Waals surface area contributed by atoms with Crippen molar-refractivity contribution in [2.24, 2.45) is 10.1 Å². The van der Waals surface area contributed by atoms with Gasteiger partial charge in [0.25, 0.3) is 0 Å². The minimum Gasteiger partial charge on any atom is -0.290 e. The van der Waals surface area contributed by atoms with E-state index in [1.165, 1.54) is 18.2 Å². The summed E-state index contributed by atoms with van der Waals surface area (Å²) in [6.45, 7) is 6.05.